The molecule has 0 spiro atoms. The van der Waals surface area contributed by atoms with Gasteiger partial charge in [0.05, 0.1) is 11.6 Å². The van der Waals surface area contributed by atoms with Gasteiger partial charge in [0, 0.05) is 50.5 Å². The van der Waals surface area contributed by atoms with Gasteiger partial charge in [-0.3, -0.25) is 19.5 Å². The van der Waals surface area contributed by atoms with Crippen LogP contribution in [0.4, 0.5) is 0 Å². The topological polar surface area (TPSA) is 56.8 Å². The largest absolute Gasteiger partial charge is 0.338 e. The number of nitrogens with zero attached hydrogens (tertiary/aromatic N) is 4. The lowest BCUT2D eigenvalue weighted by Crippen LogP contribution is -2.56. The maximum absolute atomic E-state index is 13.2. The van der Waals surface area contributed by atoms with E-state index >= 15 is 0 Å². The Labute approximate surface area is 169 Å². The third-order valence-electron chi connectivity index (χ3n) is 5.65. The Morgan fingerprint density at radius 3 is 2.61 bits per heavy atom. The average Bonchev–Trinajstić information content (AvgIpc) is 3.29. The van der Waals surface area contributed by atoms with Crippen molar-refractivity contribution in [1.82, 2.24) is 19.7 Å². The molecule has 0 unspecified atom stereocenters. The first-order valence-electron chi connectivity index (χ1n) is 9.95. The molecule has 0 aromatic carbocycles. The van der Waals surface area contributed by atoms with Gasteiger partial charge in [0.2, 0.25) is 5.91 Å². The Hall–Kier alpha value is -2.25. The lowest BCUT2D eigenvalue weighted by atomic mass is 9.99. The maximum Gasteiger partial charge on any atom is 0.254 e. The van der Waals surface area contributed by atoms with E-state index in [4.69, 9.17) is 0 Å². The number of amides is 2. The summed E-state index contributed by atoms with van der Waals surface area (Å²) in [6.07, 6.45) is 6.79. The maximum atomic E-state index is 13.2. The zero-order valence-electron chi connectivity index (χ0n) is 16.0. The Bertz CT molecular complexity index is 788. The monoisotopic (exact) mass is 398 g/mol. The van der Waals surface area contributed by atoms with Crippen molar-refractivity contribution < 1.29 is 9.59 Å². The molecule has 2 aromatic rings. The van der Waals surface area contributed by atoms with E-state index in [1.807, 2.05) is 38.9 Å². The molecule has 0 N–H and O–H groups in total. The van der Waals surface area contributed by atoms with Crippen LogP contribution in [0.15, 0.2) is 41.4 Å². The molecule has 0 radical (unpaired) electrons. The van der Waals surface area contributed by atoms with Gasteiger partial charge < -0.3 is 9.80 Å². The quantitative estimate of drug-likeness (QED) is 0.794. The van der Waals surface area contributed by atoms with Crippen LogP contribution in [0.25, 0.3) is 0 Å². The molecular weight excluding hydrogens is 372 g/mol. The summed E-state index contributed by atoms with van der Waals surface area (Å²) >= 11 is 1.53. The Morgan fingerprint density at radius 1 is 1.07 bits per heavy atom. The fraction of sp³-hybridized carbons (Fsp3) is 0.476. The standard InChI is InChI=1S/C21H26N4O2S/c26-20(18-6-13-28-16-18)23-9-11-24(12-10-23)21(27)19-5-1-2-8-25(19)15-17-4-3-7-22-14-17/h3-4,6-7,13-14,16,19H,1-2,5,8-12,15H2/t19-/m1/s1. The van der Waals surface area contributed by atoms with Crippen molar-refractivity contribution in [2.45, 2.75) is 31.8 Å². The third kappa shape index (κ3) is 4.25. The fourth-order valence-corrected chi connectivity index (χ4v) is 4.73. The van der Waals surface area contributed by atoms with Crippen LogP contribution >= 0.6 is 11.3 Å². The number of aromatic nitrogens is 1. The molecule has 2 aromatic heterocycles. The molecule has 4 heterocycles. The first-order valence-corrected chi connectivity index (χ1v) is 10.9. The lowest BCUT2D eigenvalue weighted by molar-refractivity contribution is -0.140. The number of likely N-dealkylation sites (tertiary alicyclic amines) is 1. The molecule has 2 aliphatic rings. The van der Waals surface area contributed by atoms with Crippen LogP contribution in [0, 0.1) is 0 Å². The fourth-order valence-electron chi connectivity index (χ4n) is 4.10. The van der Waals surface area contributed by atoms with E-state index in [9.17, 15) is 9.59 Å². The average molecular weight is 399 g/mol. The van der Waals surface area contributed by atoms with Gasteiger partial charge in [0.25, 0.3) is 5.91 Å². The highest BCUT2D eigenvalue weighted by molar-refractivity contribution is 7.08. The molecule has 0 bridgehead atoms. The highest BCUT2D eigenvalue weighted by atomic mass is 32.1. The lowest BCUT2D eigenvalue weighted by Gasteiger charge is -2.40. The van der Waals surface area contributed by atoms with Crippen LogP contribution < -0.4 is 0 Å². The van der Waals surface area contributed by atoms with Crippen LogP contribution in [0.1, 0.15) is 35.2 Å². The van der Waals surface area contributed by atoms with E-state index in [-0.39, 0.29) is 17.9 Å². The molecule has 7 heteroatoms. The molecule has 2 saturated heterocycles. The van der Waals surface area contributed by atoms with Crippen molar-refractivity contribution in [3.05, 3.63) is 52.5 Å². The van der Waals surface area contributed by atoms with Crippen LogP contribution in [0.3, 0.4) is 0 Å². The predicted molar refractivity (Wildman–Crippen MR) is 109 cm³/mol. The van der Waals surface area contributed by atoms with Crippen molar-refractivity contribution in [3.8, 4) is 0 Å². The normalized spacial score (nSPS) is 20.9. The summed E-state index contributed by atoms with van der Waals surface area (Å²) in [5.74, 6) is 0.287. The first kappa shape index (κ1) is 19.1. The second kappa shape index (κ2) is 8.84. The van der Waals surface area contributed by atoms with E-state index in [0.29, 0.717) is 26.2 Å². The molecular formula is C21H26N4O2S. The first-order chi connectivity index (χ1) is 13.7. The zero-order valence-corrected chi connectivity index (χ0v) is 16.8. The van der Waals surface area contributed by atoms with Crippen LogP contribution in [-0.2, 0) is 11.3 Å². The SMILES string of the molecule is O=C(c1ccsc1)N1CCN(C(=O)[C@H]2CCCCN2Cc2cccnc2)CC1. The van der Waals surface area contributed by atoms with Crippen molar-refractivity contribution >= 4 is 23.2 Å². The Morgan fingerprint density at radius 2 is 1.89 bits per heavy atom. The Balaban J connectivity index is 1.36. The van der Waals surface area contributed by atoms with E-state index in [1.165, 1.54) is 11.3 Å². The number of pyridine rings is 1. The summed E-state index contributed by atoms with van der Waals surface area (Å²) in [5.41, 5.74) is 1.90. The molecule has 2 fully saturated rings. The minimum atomic E-state index is -0.0620. The molecule has 4 rings (SSSR count). The minimum Gasteiger partial charge on any atom is -0.338 e. The van der Waals surface area contributed by atoms with Gasteiger partial charge in [0.1, 0.15) is 0 Å². The van der Waals surface area contributed by atoms with Crippen LogP contribution in [0.5, 0.6) is 0 Å². The summed E-state index contributed by atoms with van der Waals surface area (Å²) in [4.78, 5) is 36.0. The molecule has 2 amide bonds. The summed E-state index contributed by atoms with van der Waals surface area (Å²) in [6, 6.07) is 5.81. The van der Waals surface area contributed by atoms with Crippen molar-refractivity contribution in [2.24, 2.45) is 0 Å². The molecule has 1 atom stereocenters. The van der Waals surface area contributed by atoms with Gasteiger partial charge in [0.15, 0.2) is 0 Å². The van der Waals surface area contributed by atoms with Crippen molar-refractivity contribution in [1.29, 1.82) is 0 Å². The summed E-state index contributed by atoms with van der Waals surface area (Å²) in [6.45, 7) is 4.16. The van der Waals surface area contributed by atoms with E-state index in [0.717, 1.165) is 43.5 Å². The smallest absolute Gasteiger partial charge is 0.254 e. The van der Waals surface area contributed by atoms with E-state index in [1.54, 1.807) is 6.20 Å². The summed E-state index contributed by atoms with van der Waals surface area (Å²) < 4.78 is 0. The molecule has 0 aliphatic carbocycles. The van der Waals surface area contributed by atoms with E-state index in [2.05, 4.69) is 16.0 Å². The highest BCUT2D eigenvalue weighted by Crippen LogP contribution is 2.22. The highest BCUT2D eigenvalue weighted by Gasteiger charge is 2.34. The number of carbonyl (C=O) groups is 2. The van der Waals surface area contributed by atoms with Gasteiger partial charge in [-0.1, -0.05) is 12.5 Å². The second-order valence-electron chi connectivity index (χ2n) is 7.47. The van der Waals surface area contributed by atoms with E-state index < -0.39 is 0 Å². The number of hydrogen-bond donors (Lipinski definition) is 0. The molecule has 148 valence electrons. The van der Waals surface area contributed by atoms with Crippen LogP contribution in [-0.4, -0.2) is 70.3 Å². The van der Waals surface area contributed by atoms with Crippen molar-refractivity contribution in [2.75, 3.05) is 32.7 Å². The number of thiophene rings is 1. The Kier molecular flexibility index (Phi) is 6.02. The third-order valence-corrected chi connectivity index (χ3v) is 6.34. The number of rotatable bonds is 4. The second-order valence-corrected chi connectivity index (χ2v) is 8.25. The van der Waals surface area contributed by atoms with Gasteiger partial charge >= 0.3 is 0 Å². The predicted octanol–water partition coefficient (Wildman–Crippen LogP) is 2.48. The number of hydrogen-bond acceptors (Lipinski definition) is 5. The number of carbonyl (C=O) groups excluding carboxylic acids is 2. The summed E-state index contributed by atoms with van der Waals surface area (Å²) in [5, 5.41) is 3.81. The van der Waals surface area contributed by atoms with Crippen LogP contribution in [0.2, 0.25) is 0 Å². The van der Waals surface area contributed by atoms with Gasteiger partial charge in [-0.25, -0.2) is 0 Å². The molecule has 0 saturated carbocycles. The molecule has 28 heavy (non-hydrogen) atoms. The van der Waals surface area contributed by atoms with Gasteiger partial charge in [-0.15, -0.1) is 0 Å². The number of piperidine rings is 1. The summed E-state index contributed by atoms with van der Waals surface area (Å²) in [7, 11) is 0. The van der Waals surface area contributed by atoms with Crippen molar-refractivity contribution in [3.63, 3.8) is 0 Å². The minimum absolute atomic E-state index is 0.0620. The van der Waals surface area contributed by atoms with Gasteiger partial charge in [-0.05, 0) is 42.5 Å². The molecule has 2 aliphatic heterocycles. The zero-order chi connectivity index (χ0) is 19.3. The number of piperazine rings is 1. The molecule has 6 nitrogen and oxygen atoms in total. The van der Waals surface area contributed by atoms with Gasteiger partial charge in [-0.2, -0.15) is 11.3 Å².